The maximum Gasteiger partial charge on any atom is 0.407 e. The molecule has 0 aromatic heterocycles. The molecule has 4 rings (SSSR count). The van der Waals surface area contributed by atoms with Crippen LogP contribution in [0.2, 0.25) is 36.3 Å². The number of nitrogens with one attached hydrogen (secondary N) is 1. The van der Waals surface area contributed by atoms with Crippen molar-refractivity contribution in [2.75, 3.05) is 13.2 Å². The van der Waals surface area contributed by atoms with Gasteiger partial charge < -0.3 is 23.7 Å². The summed E-state index contributed by atoms with van der Waals surface area (Å²) in [7, 11) is -4.68. The molecule has 2 aromatic rings. The Balaban J connectivity index is 1.61. The van der Waals surface area contributed by atoms with Crippen LogP contribution in [0, 0.1) is 5.92 Å². The first-order valence-electron chi connectivity index (χ1n) is 17.2. The molecule has 1 aliphatic heterocycles. The quantitative estimate of drug-likeness (QED) is 0.177. The molecule has 0 saturated carbocycles. The van der Waals surface area contributed by atoms with E-state index in [9.17, 15) is 19.2 Å². The van der Waals surface area contributed by atoms with Crippen LogP contribution in [0.25, 0.3) is 11.1 Å². The van der Waals surface area contributed by atoms with E-state index in [4.69, 9.17) is 18.4 Å². The zero-order valence-electron chi connectivity index (χ0n) is 31.0. The van der Waals surface area contributed by atoms with E-state index in [2.05, 4.69) is 85.2 Å². The van der Waals surface area contributed by atoms with Crippen molar-refractivity contribution in [3.63, 3.8) is 0 Å². The lowest BCUT2D eigenvalue weighted by Gasteiger charge is -2.44. The van der Waals surface area contributed by atoms with Crippen LogP contribution in [0.3, 0.4) is 0 Å². The molecule has 1 saturated heterocycles. The summed E-state index contributed by atoms with van der Waals surface area (Å²) in [6.45, 7) is 23.4. The van der Waals surface area contributed by atoms with Gasteiger partial charge in [-0.2, -0.15) is 0 Å². The number of alkyl carbamates (subject to hydrolysis) is 1. The summed E-state index contributed by atoms with van der Waals surface area (Å²) in [6, 6.07) is 14.7. The van der Waals surface area contributed by atoms with Gasteiger partial charge >= 0.3 is 12.1 Å². The summed E-state index contributed by atoms with van der Waals surface area (Å²) < 4.78 is 19.4. The smallest absolute Gasteiger partial charge is 0.407 e. The molecule has 0 unspecified atom stereocenters. The Hall–Kier alpha value is -3.33. The van der Waals surface area contributed by atoms with Crippen molar-refractivity contribution in [2.24, 2.45) is 5.92 Å². The Morgan fingerprint density at radius 3 is 1.82 bits per heavy atom. The van der Waals surface area contributed by atoms with Gasteiger partial charge in [0.2, 0.25) is 0 Å². The summed E-state index contributed by atoms with van der Waals surface area (Å²) in [5, 5.41) is 2.99. The molecule has 49 heavy (non-hydrogen) atoms. The van der Waals surface area contributed by atoms with Gasteiger partial charge in [0, 0.05) is 24.7 Å². The lowest BCUT2D eigenvalue weighted by molar-refractivity contribution is -0.200. The second-order valence-electron chi connectivity index (χ2n) is 16.3. The van der Waals surface area contributed by atoms with Crippen LogP contribution < -0.4 is 5.32 Å². The Labute approximate surface area is 293 Å². The molecule has 10 nitrogen and oxygen atoms in total. The van der Waals surface area contributed by atoms with Gasteiger partial charge in [-0.25, -0.2) is 9.59 Å². The van der Waals surface area contributed by atoms with Crippen molar-refractivity contribution in [1.82, 2.24) is 10.4 Å². The minimum absolute atomic E-state index is 0.0392. The standard InChI is InChI=1S/C37H54N2O8Si2/c1-24(30(47-49(10,11)37(5,6)7)23-45-48(8,9)36(2,3)4)33(34(42)46-39-31(40)20-21-32(39)41)38-35(43)44-22-29-27-18-14-12-16-25(27)26-17-13-15-19-28(26)29/h12-19,24,29-30,33H,20-23H2,1-11H3,(H,38,43)/t24-,30+,33+/m0/s1. The Morgan fingerprint density at radius 2 is 1.33 bits per heavy atom. The predicted molar refractivity (Wildman–Crippen MR) is 194 cm³/mol. The van der Waals surface area contributed by atoms with Gasteiger partial charge in [0.25, 0.3) is 11.8 Å². The van der Waals surface area contributed by atoms with Gasteiger partial charge in [0.1, 0.15) is 12.6 Å². The maximum atomic E-state index is 13.9. The third-order valence-corrected chi connectivity index (χ3v) is 19.8. The summed E-state index contributed by atoms with van der Waals surface area (Å²) in [6.07, 6.45) is -1.56. The molecule has 2 aliphatic rings. The maximum absolute atomic E-state index is 13.9. The van der Waals surface area contributed by atoms with Crippen molar-refractivity contribution in [2.45, 2.75) is 116 Å². The van der Waals surface area contributed by atoms with Crippen LogP contribution in [0.4, 0.5) is 4.79 Å². The van der Waals surface area contributed by atoms with E-state index < -0.39 is 58.6 Å². The van der Waals surface area contributed by atoms with Gasteiger partial charge in [-0.1, -0.05) is 97.0 Å². The van der Waals surface area contributed by atoms with Gasteiger partial charge in [0.05, 0.1) is 12.7 Å². The topological polar surface area (TPSA) is 120 Å². The van der Waals surface area contributed by atoms with Gasteiger partial charge in [0.15, 0.2) is 16.6 Å². The van der Waals surface area contributed by atoms with Gasteiger partial charge in [-0.05, 0) is 58.5 Å². The number of benzene rings is 2. The summed E-state index contributed by atoms with van der Waals surface area (Å²) in [5.74, 6) is -3.06. The van der Waals surface area contributed by atoms with Crippen LogP contribution in [0.1, 0.15) is 78.4 Å². The first-order valence-corrected chi connectivity index (χ1v) is 23.0. The van der Waals surface area contributed by atoms with Gasteiger partial charge in [-0.15, -0.1) is 5.06 Å². The highest BCUT2D eigenvalue weighted by Gasteiger charge is 2.46. The number of amides is 3. The molecular formula is C37H54N2O8Si2. The molecule has 3 amide bonds. The minimum Gasteiger partial charge on any atom is -0.449 e. The second kappa shape index (κ2) is 14.5. The number of ether oxygens (including phenoxy) is 1. The zero-order valence-corrected chi connectivity index (χ0v) is 33.0. The van der Waals surface area contributed by atoms with E-state index in [0.29, 0.717) is 5.06 Å². The Bertz CT molecular complexity index is 1500. The molecule has 1 N–H and O–H groups in total. The molecule has 1 aliphatic carbocycles. The average molecular weight is 711 g/mol. The number of hydrogen-bond acceptors (Lipinski definition) is 8. The highest BCUT2D eigenvalue weighted by molar-refractivity contribution is 6.74. The highest BCUT2D eigenvalue weighted by atomic mass is 28.4. The van der Waals surface area contributed by atoms with Crippen LogP contribution in [0.5, 0.6) is 0 Å². The predicted octanol–water partition coefficient (Wildman–Crippen LogP) is 7.55. The molecule has 0 radical (unpaired) electrons. The fraction of sp³-hybridized carbons (Fsp3) is 0.568. The molecule has 3 atom stereocenters. The number of imide groups is 1. The van der Waals surface area contributed by atoms with Crippen molar-refractivity contribution in [3.05, 3.63) is 59.7 Å². The van der Waals surface area contributed by atoms with Crippen LogP contribution in [-0.2, 0) is 32.8 Å². The number of hydroxylamine groups is 2. The van der Waals surface area contributed by atoms with E-state index in [1.165, 1.54) is 0 Å². The molecule has 2 aromatic carbocycles. The molecular weight excluding hydrogens is 657 g/mol. The highest BCUT2D eigenvalue weighted by Crippen LogP contribution is 2.45. The third-order valence-electron chi connectivity index (χ3n) is 10.8. The Morgan fingerprint density at radius 1 is 0.837 bits per heavy atom. The van der Waals surface area contributed by atoms with E-state index >= 15 is 0 Å². The molecule has 1 fully saturated rings. The van der Waals surface area contributed by atoms with Crippen LogP contribution in [0.15, 0.2) is 48.5 Å². The van der Waals surface area contributed by atoms with E-state index in [0.717, 1.165) is 22.3 Å². The van der Waals surface area contributed by atoms with Crippen molar-refractivity contribution < 1.29 is 37.6 Å². The average Bonchev–Trinajstić information content (AvgIpc) is 3.50. The molecule has 1 heterocycles. The lowest BCUT2D eigenvalue weighted by Crippen LogP contribution is -2.56. The van der Waals surface area contributed by atoms with Crippen molar-refractivity contribution >= 4 is 40.5 Å². The second-order valence-corrected chi connectivity index (χ2v) is 25.9. The van der Waals surface area contributed by atoms with E-state index in [1.807, 2.05) is 36.4 Å². The Kier molecular flexibility index (Phi) is 11.4. The van der Waals surface area contributed by atoms with Crippen molar-refractivity contribution in [3.8, 4) is 11.1 Å². The number of hydrogen-bond donors (Lipinski definition) is 1. The van der Waals surface area contributed by atoms with Crippen molar-refractivity contribution in [1.29, 1.82) is 0 Å². The molecule has 12 heteroatoms. The normalized spacial score (nSPS) is 17.3. The minimum atomic E-state index is -2.43. The van der Waals surface area contributed by atoms with E-state index in [-0.39, 0.29) is 42.0 Å². The number of carbonyl (C=O) groups excluding carboxylic acids is 4. The number of nitrogens with zero attached hydrogens (tertiary/aromatic N) is 1. The lowest BCUT2D eigenvalue weighted by atomic mass is 9.96. The largest absolute Gasteiger partial charge is 0.449 e. The monoisotopic (exact) mass is 710 g/mol. The SMILES string of the molecule is C[C@@H]([C@@H](CO[Si](C)(C)C(C)(C)C)O[Si](C)(C)C(C)(C)C)[C@@H](NC(=O)OCC1c2ccccc2-c2ccccc21)C(=O)ON1C(=O)CCC1=O. The van der Waals surface area contributed by atoms with Gasteiger partial charge in [-0.3, -0.25) is 9.59 Å². The first kappa shape index (κ1) is 38.5. The summed E-state index contributed by atoms with van der Waals surface area (Å²) in [4.78, 5) is 57.6. The third kappa shape index (κ3) is 8.53. The molecule has 0 bridgehead atoms. The number of carbonyl (C=O) groups is 4. The number of fused-ring (bicyclic) bond motifs is 3. The van der Waals surface area contributed by atoms with Crippen LogP contribution in [-0.4, -0.2) is 70.9 Å². The molecule has 268 valence electrons. The fourth-order valence-electron chi connectivity index (χ4n) is 5.55. The fourth-order valence-corrected chi connectivity index (χ4v) is 7.95. The summed E-state index contributed by atoms with van der Waals surface area (Å²) >= 11 is 0. The molecule has 0 spiro atoms. The number of rotatable bonds is 12. The summed E-state index contributed by atoms with van der Waals surface area (Å²) in [5.41, 5.74) is 4.29. The zero-order chi connectivity index (χ0) is 36.5. The first-order chi connectivity index (χ1) is 22.6. The van der Waals surface area contributed by atoms with E-state index in [1.54, 1.807) is 6.92 Å². The van der Waals surface area contributed by atoms with Crippen LogP contribution >= 0.6 is 0 Å².